The van der Waals surface area contributed by atoms with Gasteiger partial charge in [-0.1, -0.05) is 38.1 Å². The average Bonchev–Trinajstić information content (AvgIpc) is 3.48. The predicted octanol–water partition coefficient (Wildman–Crippen LogP) is 3.29. The topological polar surface area (TPSA) is 99.6 Å². The molecule has 2 atom stereocenters. The number of alkyl halides is 3. The maximum Gasteiger partial charge on any atom is 0.490 e. The number of carbonyl (C=O) groups excluding carboxylic acids is 2. The molecular weight excluding hydrogens is 439 g/mol. The van der Waals surface area contributed by atoms with Crippen molar-refractivity contribution in [3.05, 3.63) is 59.9 Å². The first-order chi connectivity index (χ1) is 15.5. The molecule has 1 fully saturated rings. The van der Waals surface area contributed by atoms with Crippen LogP contribution in [0.4, 0.5) is 18.9 Å². The summed E-state index contributed by atoms with van der Waals surface area (Å²) in [7, 11) is 0. The van der Waals surface area contributed by atoms with Gasteiger partial charge < -0.3 is 15.3 Å². The van der Waals surface area contributed by atoms with E-state index in [9.17, 15) is 22.8 Å². The van der Waals surface area contributed by atoms with E-state index in [0.717, 1.165) is 16.8 Å². The fourth-order valence-corrected chi connectivity index (χ4v) is 4.03. The van der Waals surface area contributed by atoms with Gasteiger partial charge in [-0.15, -0.1) is 0 Å². The predicted molar refractivity (Wildman–Crippen MR) is 113 cm³/mol. The number of aliphatic carboxylic acids is 1. The number of carboxylic acid groups (broad SMARTS) is 1. The molecule has 2 unspecified atom stereocenters. The number of anilines is 1. The number of nitrogens with one attached hydrogen (secondary N) is 1. The molecule has 0 saturated heterocycles. The number of para-hydroxylation sites is 1. The van der Waals surface area contributed by atoms with Crippen LogP contribution in [-0.2, 0) is 26.3 Å². The first-order valence-electron chi connectivity index (χ1n) is 10.4. The number of benzene rings is 1. The van der Waals surface area contributed by atoms with Gasteiger partial charge in [0, 0.05) is 31.2 Å². The number of halogens is 3. The molecule has 1 aromatic carbocycles. The molecule has 0 radical (unpaired) electrons. The van der Waals surface area contributed by atoms with Gasteiger partial charge in [-0.2, -0.15) is 13.2 Å². The number of pyridine rings is 1. The van der Waals surface area contributed by atoms with Crippen LogP contribution in [0.1, 0.15) is 31.4 Å². The molecule has 1 aliphatic heterocycles. The number of carbonyl (C=O) groups is 3. The number of carboxylic acids is 1. The second kappa shape index (κ2) is 9.21. The fourth-order valence-electron chi connectivity index (χ4n) is 4.03. The minimum atomic E-state index is -5.08. The molecule has 7 nitrogen and oxygen atoms in total. The normalized spacial score (nSPS) is 20.8. The summed E-state index contributed by atoms with van der Waals surface area (Å²) in [6.07, 6.45) is -1.04. The van der Waals surface area contributed by atoms with Gasteiger partial charge in [0.05, 0.1) is 11.3 Å². The third kappa shape index (κ3) is 4.99. The van der Waals surface area contributed by atoms with Crippen molar-refractivity contribution < 1.29 is 32.7 Å². The minimum absolute atomic E-state index is 0.0524. The minimum Gasteiger partial charge on any atom is -0.475 e. The van der Waals surface area contributed by atoms with Crippen LogP contribution < -0.4 is 10.2 Å². The Morgan fingerprint density at radius 2 is 1.91 bits per heavy atom. The average molecular weight is 463 g/mol. The van der Waals surface area contributed by atoms with Crippen LogP contribution in [-0.4, -0.2) is 40.6 Å². The lowest BCUT2D eigenvalue weighted by molar-refractivity contribution is -0.192. The van der Waals surface area contributed by atoms with Gasteiger partial charge in [-0.3, -0.25) is 14.6 Å². The van der Waals surface area contributed by atoms with Crippen LogP contribution in [0, 0.1) is 11.8 Å². The largest absolute Gasteiger partial charge is 0.490 e. The van der Waals surface area contributed by atoms with Gasteiger partial charge in [-0.25, -0.2) is 4.79 Å². The highest BCUT2D eigenvalue weighted by Crippen LogP contribution is 2.61. The van der Waals surface area contributed by atoms with E-state index in [1.54, 1.807) is 12.4 Å². The zero-order chi connectivity index (χ0) is 24.4. The Kier molecular flexibility index (Phi) is 6.76. The van der Waals surface area contributed by atoms with Crippen LogP contribution in [0.15, 0.2) is 48.8 Å². The number of fused-ring (bicyclic) bond motifs is 2. The first kappa shape index (κ1) is 24.2. The van der Waals surface area contributed by atoms with E-state index in [4.69, 9.17) is 9.90 Å². The second-order valence-corrected chi connectivity index (χ2v) is 8.44. The van der Waals surface area contributed by atoms with Crippen LogP contribution in [0.2, 0.25) is 0 Å². The van der Waals surface area contributed by atoms with Gasteiger partial charge >= 0.3 is 12.1 Å². The number of hydrogen-bond donors (Lipinski definition) is 2. The Bertz CT molecular complexity index is 1040. The molecule has 1 aliphatic carbocycles. The van der Waals surface area contributed by atoms with Crippen LogP contribution >= 0.6 is 0 Å². The molecule has 1 saturated carbocycles. The Balaban J connectivity index is 0.000000383. The van der Waals surface area contributed by atoms with Gasteiger partial charge in [-0.05, 0) is 35.6 Å². The fraction of sp³-hybridized carbons (Fsp3) is 0.391. The third-order valence-corrected chi connectivity index (χ3v) is 5.56. The highest BCUT2D eigenvalue weighted by molar-refractivity contribution is 6.14. The first-order valence-corrected chi connectivity index (χ1v) is 10.4. The molecule has 2 N–H and O–H groups in total. The summed E-state index contributed by atoms with van der Waals surface area (Å²) < 4.78 is 31.7. The maximum absolute atomic E-state index is 13.2. The van der Waals surface area contributed by atoms with E-state index in [-0.39, 0.29) is 17.7 Å². The molecule has 1 spiro atoms. The molecule has 2 aliphatic rings. The Morgan fingerprint density at radius 1 is 1.24 bits per heavy atom. The lowest BCUT2D eigenvalue weighted by Crippen LogP contribution is -2.37. The van der Waals surface area contributed by atoms with Crippen molar-refractivity contribution in [1.29, 1.82) is 0 Å². The van der Waals surface area contributed by atoms with Gasteiger partial charge in [0.15, 0.2) is 0 Å². The Labute approximate surface area is 188 Å². The highest BCUT2D eigenvalue weighted by Gasteiger charge is 2.69. The molecule has 2 amide bonds. The molecule has 1 aromatic heterocycles. The smallest absolute Gasteiger partial charge is 0.475 e. The summed E-state index contributed by atoms with van der Waals surface area (Å²) in [6.45, 7) is 5.32. The van der Waals surface area contributed by atoms with Crippen LogP contribution in [0.5, 0.6) is 0 Å². The molecule has 10 heteroatoms. The summed E-state index contributed by atoms with van der Waals surface area (Å²) in [5.41, 5.74) is 2.26. The number of rotatable bonds is 5. The van der Waals surface area contributed by atoms with E-state index in [1.807, 2.05) is 41.3 Å². The zero-order valence-corrected chi connectivity index (χ0v) is 18.1. The molecule has 2 heterocycles. The third-order valence-electron chi connectivity index (χ3n) is 5.56. The molecule has 33 heavy (non-hydrogen) atoms. The van der Waals surface area contributed by atoms with Crippen molar-refractivity contribution in [1.82, 2.24) is 10.3 Å². The standard InChI is InChI=1S/C21H23N3O2.C2HF3O2/c1-14(2)13-24-18-8-4-3-7-16(18)21(20(24)26)10-17(21)19(25)23-12-15-6-5-9-22-11-15;3-2(4,5)1(6)7/h3-9,11,14,17H,10,12-13H2,1-2H3,(H,23,25);(H,6,7). The van der Waals surface area contributed by atoms with Crippen molar-refractivity contribution in [2.24, 2.45) is 11.8 Å². The second-order valence-electron chi connectivity index (χ2n) is 8.44. The van der Waals surface area contributed by atoms with E-state index >= 15 is 0 Å². The Morgan fingerprint density at radius 3 is 2.48 bits per heavy atom. The molecular formula is C23H24F3N3O4. The van der Waals surface area contributed by atoms with Crippen LogP contribution in [0.3, 0.4) is 0 Å². The molecule has 4 rings (SSSR count). The zero-order valence-electron chi connectivity index (χ0n) is 18.1. The lowest BCUT2D eigenvalue weighted by Gasteiger charge is -2.20. The van der Waals surface area contributed by atoms with E-state index in [1.165, 1.54) is 0 Å². The Hall–Kier alpha value is -3.43. The summed E-state index contributed by atoms with van der Waals surface area (Å²) >= 11 is 0. The van der Waals surface area contributed by atoms with E-state index in [0.29, 0.717) is 25.4 Å². The van der Waals surface area contributed by atoms with Crippen molar-refractivity contribution in [2.45, 2.75) is 38.4 Å². The van der Waals surface area contributed by atoms with Crippen LogP contribution in [0.25, 0.3) is 0 Å². The number of amides is 2. The summed E-state index contributed by atoms with van der Waals surface area (Å²) in [5, 5.41) is 10.1. The molecule has 176 valence electrons. The summed E-state index contributed by atoms with van der Waals surface area (Å²) in [4.78, 5) is 40.8. The van der Waals surface area contributed by atoms with Crippen molar-refractivity contribution in [3.63, 3.8) is 0 Å². The quantitative estimate of drug-likeness (QED) is 0.709. The summed E-state index contributed by atoms with van der Waals surface area (Å²) in [5.74, 6) is -2.64. The molecule has 0 bridgehead atoms. The van der Waals surface area contributed by atoms with E-state index < -0.39 is 17.6 Å². The van der Waals surface area contributed by atoms with Crippen molar-refractivity contribution >= 4 is 23.5 Å². The van der Waals surface area contributed by atoms with Gasteiger partial charge in [0.1, 0.15) is 0 Å². The number of nitrogens with zero attached hydrogens (tertiary/aromatic N) is 2. The van der Waals surface area contributed by atoms with Crippen molar-refractivity contribution in [3.8, 4) is 0 Å². The molecule has 2 aromatic rings. The van der Waals surface area contributed by atoms with E-state index in [2.05, 4.69) is 24.1 Å². The van der Waals surface area contributed by atoms with Gasteiger partial charge in [0.25, 0.3) is 0 Å². The SMILES string of the molecule is CC(C)CN1C(=O)C2(CC2C(=O)NCc2cccnc2)c2ccccc21.O=C(O)C(F)(F)F. The monoisotopic (exact) mass is 463 g/mol. The summed E-state index contributed by atoms with van der Waals surface area (Å²) in [6, 6.07) is 11.7. The lowest BCUT2D eigenvalue weighted by atomic mass is 9.94. The highest BCUT2D eigenvalue weighted by atomic mass is 19.4. The number of aromatic nitrogens is 1. The number of hydrogen-bond acceptors (Lipinski definition) is 4. The van der Waals surface area contributed by atoms with Crippen molar-refractivity contribution in [2.75, 3.05) is 11.4 Å². The maximum atomic E-state index is 13.2. The van der Waals surface area contributed by atoms with Gasteiger partial charge in [0.2, 0.25) is 11.8 Å².